The van der Waals surface area contributed by atoms with Gasteiger partial charge in [0.05, 0.1) is 11.8 Å². The van der Waals surface area contributed by atoms with E-state index in [9.17, 15) is 14.4 Å². The van der Waals surface area contributed by atoms with E-state index in [1.165, 1.54) is 25.0 Å². The van der Waals surface area contributed by atoms with Gasteiger partial charge in [0.25, 0.3) is 0 Å². The summed E-state index contributed by atoms with van der Waals surface area (Å²) in [6.45, 7) is 1.37. The fraction of sp³-hybridized carbons (Fsp3) is 0.143. The Morgan fingerprint density at radius 2 is 1.92 bits per heavy atom. The Bertz CT molecular complexity index is 338. The first-order chi connectivity index (χ1) is 5.76. The molecule has 0 rings (SSSR count). The van der Waals surface area contributed by atoms with E-state index in [2.05, 4.69) is 9.98 Å². The summed E-state index contributed by atoms with van der Waals surface area (Å²) in [5.41, 5.74) is 0.0145. The zero-order valence-corrected chi connectivity index (χ0v) is 6.20. The Hall–Kier alpha value is -2.05. The molecule has 0 unspecified atom stereocenters. The minimum absolute atomic E-state index is 0.0525. The number of nitrogens with zero attached hydrogens (tertiary/aromatic N) is 2. The van der Waals surface area contributed by atoms with Gasteiger partial charge in [0.15, 0.2) is 0 Å². The number of aliphatic imine (C=N–C) groups is 2. The van der Waals surface area contributed by atoms with Gasteiger partial charge < -0.3 is 0 Å². The highest BCUT2D eigenvalue weighted by Gasteiger charge is 1.97. The number of rotatable bonds is 3. The van der Waals surface area contributed by atoms with Gasteiger partial charge in [-0.25, -0.2) is 14.4 Å². The van der Waals surface area contributed by atoms with Crippen LogP contribution >= 0.6 is 0 Å². The molecule has 0 saturated heterocycles. The highest BCUT2D eigenvalue weighted by molar-refractivity contribution is 5.61. The van der Waals surface area contributed by atoms with Crippen LogP contribution < -0.4 is 0 Å². The maximum atomic E-state index is 10.1. The maximum absolute atomic E-state index is 10.1. The smallest absolute Gasteiger partial charge is 0.233 e. The SMILES string of the molecule is CC(=C=O)/C(=C/N=C=O)N=C=O. The molecule has 0 aliphatic rings. The molecule has 0 bridgehead atoms. The molecule has 0 spiro atoms. The van der Waals surface area contributed by atoms with Crippen molar-refractivity contribution in [2.24, 2.45) is 9.98 Å². The predicted molar refractivity (Wildman–Crippen MR) is 39.2 cm³/mol. The first-order valence-electron chi connectivity index (χ1n) is 2.83. The largest absolute Gasteiger partial charge is 0.240 e. The van der Waals surface area contributed by atoms with Gasteiger partial charge >= 0.3 is 0 Å². The van der Waals surface area contributed by atoms with Gasteiger partial charge in [0.1, 0.15) is 11.6 Å². The van der Waals surface area contributed by atoms with E-state index in [1.54, 1.807) is 0 Å². The summed E-state index contributed by atoms with van der Waals surface area (Å²) >= 11 is 0. The van der Waals surface area contributed by atoms with Crippen LogP contribution in [0.3, 0.4) is 0 Å². The molecule has 0 aliphatic heterocycles. The Kier molecular flexibility index (Phi) is 4.74. The molecule has 0 aliphatic carbocycles. The molecule has 0 amide bonds. The normalized spacial score (nSPS) is 8.92. The van der Waals surface area contributed by atoms with Crippen LogP contribution in [0.15, 0.2) is 27.5 Å². The van der Waals surface area contributed by atoms with Crippen molar-refractivity contribution in [2.45, 2.75) is 6.92 Å². The van der Waals surface area contributed by atoms with Gasteiger partial charge in [0.2, 0.25) is 12.2 Å². The van der Waals surface area contributed by atoms with Crippen molar-refractivity contribution in [1.29, 1.82) is 0 Å². The second-order valence-electron chi connectivity index (χ2n) is 1.66. The third kappa shape index (κ3) is 3.20. The van der Waals surface area contributed by atoms with Gasteiger partial charge in [-0.05, 0) is 6.92 Å². The standard InChI is InChI=1S/C7H4N2O3/c1-6(3-10)7(9-5-12)2-8-4-11/h2H,1H3/b7-2-. The third-order valence-corrected chi connectivity index (χ3v) is 0.943. The van der Waals surface area contributed by atoms with Crippen LogP contribution in [-0.4, -0.2) is 18.1 Å². The summed E-state index contributed by atoms with van der Waals surface area (Å²) in [7, 11) is 0. The molecule has 0 saturated carbocycles. The molecular formula is C7H4N2O3. The van der Waals surface area contributed by atoms with E-state index >= 15 is 0 Å². The zero-order chi connectivity index (χ0) is 9.40. The van der Waals surface area contributed by atoms with Crippen molar-refractivity contribution in [1.82, 2.24) is 0 Å². The topological polar surface area (TPSA) is 75.9 Å². The molecule has 0 aromatic rings. The Labute approximate surface area is 67.8 Å². The van der Waals surface area contributed by atoms with Crippen molar-refractivity contribution in [2.75, 3.05) is 0 Å². The molecule has 5 heteroatoms. The summed E-state index contributed by atoms with van der Waals surface area (Å²) in [5.74, 6) is 1.49. The number of isocyanates is 2. The van der Waals surface area contributed by atoms with Crippen molar-refractivity contribution in [3.05, 3.63) is 17.5 Å². The van der Waals surface area contributed by atoms with Crippen LogP contribution in [0.2, 0.25) is 0 Å². The zero-order valence-electron chi connectivity index (χ0n) is 6.20. The lowest BCUT2D eigenvalue weighted by Crippen LogP contribution is -1.81. The lowest BCUT2D eigenvalue weighted by atomic mass is 10.3. The van der Waals surface area contributed by atoms with E-state index in [4.69, 9.17) is 0 Å². The summed E-state index contributed by atoms with van der Waals surface area (Å²) in [6.07, 6.45) is 3.34. The lowest BCUT2D eigenvalue weighted by Gasteiger charge is -1.88. The molecule has 12 heavy (non-hydrogen) atoms. The molecular weight excluding hydrogens is 160 g/mol. The quantitative estimate of drug-likeness (QED) is 0.260. The van der Waals surface area contributed by atoms with Crippen LogP contribution in [0, 0.1) is 0 Å². The van der Waals surface area contributed by atoms with Gasteiger partial charge in [0, 0.05) is 0 Å². The molecule has 60 valence electrons. The van der Waals surface area contributed by atoms with Crippen LogP contribution in [0.1, 0.15) is 6.92 Å². The molecule has 0 aromatic carbocycles. The molecule has 0 atom stereocenters. The predicted octanol–water partition coefficient (Wildman–Crippen LogP) is 0.277. The second-order valence-corrected chi connectivity index (χ2v) is 1.66. The summed E-state index contributed by atoms with van der Waals surface area (Å²) in [5, 5.41) is 0. The average Bonchev–Trinajstić information content (AvgIpc) is 2.11. The van der Waals surface area contributed by atoms with Crippen LogP contribution in [0.5, 0.6) is 0 Å². The van der Waals surface area contributed by atoms with Gasteiger partial charge in [-0.2, -0.15) is 9.98 Å². The Morgan fingerprint density at radius 1 is 1.25 bits per heavy atom. The van der Waals surface area contributed by atoms with Crippen molar-refractivity contribution < 1.29 is 14.4 Å². The Morgan fingerprint density at radius 3 is 2.33 bits per heavy atom. The van der Waals surface area contributed by atoms with Gasteiger partial charge in [-0.1, -0.05) is 0 Å². The minimum atomic E-state index is -0.0525. The maximum Gasteiger partial charge on any atom is 0.240 e. The molecule has 0 heterocycles. The van der Waals surface area contributed by atoms with Gasteiger partial charge in [-0.15, -0.1) is 0 Å². The average molecular weight is 164 g/mol. The first kappa shape index (κ1) is 9.95. The monoisotopic (exact) mass is 164 g/mol. The summed E-state index contributed by atoms with van der Waals surface area (Å²) in [6, 6.07) is 0. The molecule has 0 aromatic heterocycles. The molecule has 0 radical (unpaired) electrons. The van der Waals surface area contributed by atoms with Crippen LogP contribution in [-0.2, 0) is 14.4 Å². The highest BCUT2D eigenvalue weighted by Crippen LogP contribution is 2.05. The molecule has 5 nitrogen and oxygen atoms in total. The Balaban J connectivity index is 5.03. The third-order valence-electron chi connectivity index (χ3n) is 0.943. The van der Waals surface area contributed by atoms with Crippen molar-refractivity contribution in [3.8, 4) is 0 Å². The van der Waals surface area contributed by atoms with E-state index < -0.39 is 0 Å². The van der Waals surface area contributed by atoms with E-state index in [1.807, 2.05) is 0 Å². The minimum Gasteiger partial charge on any atom is -0.233 e. The second kappa shape index (κ2) is 5.71. The number of carbonyl (C=O) groups excluding carboxylic acids is 3. The molecule has 0 fully saturated rings. The van der Waals surface area contributed by atoms with Gasteiger partial charge in [-0.3, -0.25) is 0 Å². The number of hydrogen-bond acceptors (Lipinski definition) is 5. The van der Waals surface area contributed by atoms with Crippen LogP contribution in [0.4, 0.5) is 0 Å². The number of allylic oxidation sites excluding steroid dienone is 1. The fourth-order valence-corrected chi connectivity index (χ4v) is 0.398. The van der Waals surface area contributed by atoms with E-state index in [-0.39, 0.29) is 11.3 Å². The fourth-order valence-electron chi connectivity index (χ4n) is 0.398. The summed E-state index contributed by atoms with van der Waals surface area (Å²) < 4.78 is 0. The van der Waals surface area contributed by atoms with E-state index in [0.717, 1.165) is 6.20 Å². The lowest BCUT2D eigenvalue weighted by molar-refractivity contribution is 0.563. The first-order valence-corrected chi connectivity index (χ1v) is 2.83. The van der Waals surface area contributed by atoms with Crippen LogP contribution in [0.25, 0.3) is 0 Å². The van der Waals surface area contributed by atoms with E-state index in [0.29, 0.717) is 0 Å². The van der Waals surface area contributed by atoms with Crippen molar-refractivity contribution >= 4 is 18.1 Å². The highest BCUT2D eigenvalue weighted by atomic mass is 16.1. The molecule has 0 N–H and O–H groups in total. The van der Waals surface area contributed by atoms with Crippen molar-refractivity contribution in [3.63, 3.8) is 0 Å². The number of hydrogen-bond donors (Lipinski definition) is 0. The summed E-state index contributed by atoms with van der Waals surface area (Å²) in [4.78, 5) is 35.6.